The second-order valence-corrected chi connectivity index (χ2v) is 9.83. The van der Waals surface area contributed by atoms with E-state index in [0.717, 1.165) is 11.1 Å². The lowest BCUT2D eigenvalue weighted by molar-refractivity contribution is -0.139. The van der Waals surface area contributed by atoms with Gasteiger partial charge in [0.15, 0.2) is 0 Å². The molecule has 2 heterocycles. The SMILES string of the molecule is CC1=CC[C@@H]2C(=O)N(c3cccc(OC(=O)[C@H]4CC(=O)N(c5cccc(Cl)c5C)C4)c3)C(=O)[C@@H]2C1. The number of ether oxygens (including phenoxy) is 1. The zero-order valence-electron chi connectivity index (χ0n) is 19.5. The van der Waals surface area contributed by atoms with Gasteiger partial charge >= 0.3 is 5.97 Å². The summed E-state index contributed by atoms with van der Waals surface area (Å²) >= 11 is 6.20. The summed E-state index contributed by atoms with van der Waals surface area (Å²) in [5, 5.41) is 0.551. The highest BCUT2D eigenvalue weighted by Gasteiger charge is 2.48. The number of fused-ring (bicyclic) bond motifs is 1. The van der Waals surface area contributed by atoms with Crippen LogP contribution >= 0.6 is 11.6 Å². The number of carbonyl (C=O) groups is 4. The molecule has 0 aromatic heterocycles. The average Bonchev–Trinajstić information content (AvgIpc) is 3.33. The first-order valence-corrected chi connectivity index (χ1v) is 12.0. The van der Waals surface area contributed by atoms with Gasteiger partial charge in [0.25, 0.3) is 0 Å². The Morgan fingerprint density at radius 2 is 1.74 bits per heavy atom. The summed E-state index contributed by atoms with van der Waals surface area (Å²) in [6, 6.07) is 11.8. The van der Waals surface area contributed by atoms with Gasteiger partial charge in [-0.25, -0.2) is 4.90 Å². The highest BCUT2D eigenvalue weighted by atomic mass is 35.5. The lowest BCUT2D eigenvalue weighted by Crippen LogP contribution is -2.31. The first kappa shape index (κ1) is 23.3. The second-order valence-electron chi connectivity index (χ2n) is 9.42. The average molecular weight is 493 g/mol. The highest BCUT2D eigenvalue weighted by molar-refractivity contribution is 6.31. The number of benzene rings is 2. The topological polar surface area (TPSA) is 84.0 Å². The summed E-state index contributed by atoms with van der Waals surface area (Å²) in [6.07, 6.45) is 3.19. The normalized spacial score (nSPS) is 24.0. The van der Waals surface area contributed by atoms with Gasteiger partial charge in [0, 0.05) is 29.7 Å². The van der Waals surface area contributed by atoms with Crippen molar-refractivity contribution in [2.24, 2.45) is 17.8 Å². The van der Waals surface area contributed by atoms with Crippen LogP contribution < -0.4 is 14.5 Å². The van der Waals surface area contributed by atoms with Crippen molar-refractivity contribution in [1.29, 1.82) is 0 Å². The minimum Gasteiger partial charge on any atom is -0.426 e. The number of allylic oxidation sites excluding steroid dienone is 2. The number of rotatable bonds is 4. The molecule has 0 N–H and O–H groups in total. The van der Waals surface area contributed by atoms with Crippen LogP contribution in [-0.4, -0.2) is 30.2 Å². The van der Waals surface area contributed by atoms with Crippen molar-refractivity contribution in [3.63, 3.8) is 0 Å². The zero-order valence-corrected chi connectivity index (χ0v) is 20.2. The molecule has 5 rings (SSSR count). The predicted molar refractivity (Wildman–Crippen MR) is 131 cm³/mol. The number of esters is 1. The standard InChI is InChI=1S/C27H25ClN2O5/c1-15-9-10-20-21(11-15)26(33)30(25(20)32)18-5-3-6-19(13-18)35-27(34)17-12-24(31)29(14-17)23-8-4-7-22(28)16(23)2/h3-9,13,17,20-21H,10-12,14H2,1-2H3/t17-,20-,21+/m0/s1. The molecule has 0 bridgehead atoms. The van der Waals surface area contributed by atoms with E-state index in [0.29, 0.717) is 29.2 Å². The molecule has 2 saturated heterocycles. The molecular formula is C27H25ClN2O5. The second kappa shape index (κ2) is 8.96. The van der Waals surface area contributed by atoms with Gasteiger partial charge in [0.2, 0.25) is 17.7 Å². The van der Waals surface area contributed by atoms with Gasteiger partial charge < -0.3 is 9.64 Å². The van der Waals surface area contributed by atoms with Crippen molar-refractivity contribution < 1.29 is 23.9 Å². The molecule has 0 spiro atoms. The molecule has 0 unspecified atom stereocenters. The Kier molecular flexibility index (Phi) is 5.97. The quantitative estimate of drug-likeness (QED) is 0.272. The van der Waals surface area contributed by atoms with Gasteiger partial charge in [-0.3, -0.25) is 19.2 Å². The Morgan fingerprint density at radius 1 is 1.00 bits per heavy atom. The first-order valence-electron chi connectivity index (χ1n) is 11.6. The smallest absolute Gasteiger partial charge is 0.316 e. The van der Waals surface area contributed by atoms with Crippen LogP contribution in [0.1, 0.15) is 31.7 Å². The van der Waals surface area contributed by atoms with Crippen LogP contribution in [0, 0.1) is 24.7 Å². The summed E-state index contributed by atoms with van der Waals surface area (Å²) < 4.78 is 5.59. The lowest BCUT2D eigenvalue weighted by atomic mass is 9.82. The van der Waals surface area contributed by atoms with E-state index in [4.69, 9.17) is 16.3 Å². The van der Waals surface area contributed by atoms with Gasteiger partial charge in [0.1, 0.15) is 5.75 Å². The lowest BCUT2D eigenvalue weighted by Gasteiger charge is -2.19. The number of anilines is 2. The number of halogens is 1. The minimum absolute atomic E-state index is 0.0310. The predicted octanol–water partition coefficient (Wildman–Crippen LogP) is 4.45. The fourth-order valence-electron chi connectivity index (χ4n) is 5.16. The Morgan fingerprint density at radius 3 is 2.54 bits per heavy atom. The summed E-state index contributed by atoms with van der Waals surface area (Å²) in [6.45, 7) is 3.99. The van der Waals surface area contributed by atoms with E-state index in [1.807, 2.05) is 19.9 Å². The molecule has 3 atom stereocenters. The van der Waals surface area contributed by atoms with E-state index in [1.54, 1.807) is 41.3 Å². The summed E-state index contributed by atoms with van der Waals surface area (Å²) in [4.78, 5) is 54.3. The van der Waals surface area contributed by atoms with Gasteiger partial charge in [-0.1, -0.05) is 35.4 Å². The molecule has 35 heavy (non-hydrogen) atoms. The minimum atomic E-state index is -0.642. The molecule has 2 fully saturated rings. The molecular weight excluding hydrogens is 468 g/mol. The summed E-state index contributed by atoms with van der Waals surface area (Å²) in [5.41, 5.74) is 2.95. The molecule has 7 nitrogen and oxygen atoms in total. The Labute approximate surface area is 208 Å². The monoisotopic (exact) mass is 492 g/mol. The fraction of sp³-hybridized carbons (Fsp3) is 0.333. The van der Waals surface area contributed by atoms with Crippen molar-refractivity contribution in [3.05, 3.63) is 64.7 Å². The number of amides is 3. The molecule has 2 aromatic rings. The van der Waals surface area contributed by atoms with Crippen LogP contribution in [-0.2, 0) is 19.2 Å². The van der Waals surface area contributed by atoms with Gasteiger partial charge in [0.05, 0.1) is 23.4 Å². The van der Waals surface area contributed by atoms with Gasteiger partial charge in [-0.15, -0.1) is 0 Å². The molecule has 1 aliphatic carbocycles. The molecule has 0 saturated carbocycles. The number of nitrogens with zero attached hydrogens (tertiary/aromatic N) is 2. The third kappa shape index (κ3) is 4.14. The van der Waals surface area contributed by atoms with Crippen LogP contribution in [0.5, 0.6) is 5.75 Å². The van der Waals surface area contributed by atoms with E-state index in [2.05, 4.69) is 0 Å². The van der Waals surface area contributed by atoms with Gasteiger partial charge in [-0.05, 0) is 56.5 Å². The Bertz CT molecular complexity index is 1290. The van der Waals surface area contributed by atoms with Crippen molar-refractivity contribution >= 4 is 46.7 Å². The van der Waals surface area contributed by atoms with Crippen molar-refractivity contribution in [2.45, 2.75) is 33.1 Å². The third-order valence-corrected chi connectivity index (χ3v) is 7.51. The highest BCUT2D eigenvalue weighted by Crippen LogP contribution is 2.40. The van der Waals surface area contributed by atoms with Crippen LogP contribution in [0.4, 0.5) is 11.4 Å². The van der Waals surface area contributed by atoms with Crippen LogP contribution in [0.3, 0.4) is 0 Å². The number of imide groups is 1. The molecule has 3 aliphatic rings. The van der Waals surface area contributed by atoms with E-state index in [-0.39, 0.29) is 48.3 Å². The van der Waals surface area contributed by atoms with Crippen molar-refractivity contribution in [2.75, 3.05) is 16.3 Å². The van der Waals surface area contributed by atoms with E-state index < -0.39 is 11.9 Å². The van der Waals surface area contributed by atoms with E-state index in [9.17, 15) is 19.2 Å². The number of hydrogen-bond acceptors (Lipinski definition) is 5. The fourth-order valence-corrected chi connectivity index (χ4v) is 5.33. The van der Waals surface area contributed by atoms with Crippen LogP contribution in [0.2, 0.25) is 5.02 Å². The molecule has 2 aromatic carbocycles. The Balaban J connectivity index is 1.30. The van der Waals surface area contributed by atoms with Gasteiger partial charge in [-0.2, -0.15) is 0 Å². The largest absolute Gasteiger partial charge is 0.426 e. The molecule has 180 valence electrons. The molecule has 3 amide bonds. The van der Waals surface area contributed by atoms with E-state index >= 15 is 0 Å². The van der Waals surface area contributed by atoms with Crippen molar-refractivity contribution in [3.8, 4) is 5.75 Å². The third-order valence-electron chi connectivity index (χ3n) is 7.11. The maximum absolute atomic E-state index is 13.0. The summed E-state index contributed by atoms with van der Waals surface area (Å²) in [7, 11) is 0. The van der Waals surface area contributed by atoms with Crippen LogP contribution in [0.15, 0.2) is 54.1 Å². The maximum atomic E-state index is 13.0. The van der Waals surface area contributed by atoms with E-state index in [1.165, 1.54) is 11.0 Å². The number of carbonyl (C=O) groups excluding carboxylic acids is 4. The molecule has 2 aliphatic heterocycles. The first-order chi connectivity index (χ1) is 16.7. The Hall–Kier alpha value is -3.45. The van der Waals surface area contributed by atoms with Crippen LogP contribution in [0.25, 0.3) is 0 Å². The maximum Gasteiger partial charge on any atom is 0.316 e. The number of hydrogen-bond donors (Lipinski definition) is 0. The molecule has 8 heteroatoms. The summed E-state index contributed by atoms with van der Waals surface area (Å²) in [5.74, 6) is -2.26. The zero-order chi connectivity index (χ0) is 24.9. The van der Waals surface area contributed by atoms with Crippen molar-refractivity contribution in [1.82, 2.24) is 0 Å². The molecule has 0 radical (unpaired) electrons.